The summed E-state index contributed by atoms with van der Waals surface area (Å²) in [6.07, 6.45) is 2.14. The SMILES string of the molecule is CCCC(C)C(O)C(C)C(C)(C)C. The molecule has 80 valence electrons. The van der Waals surface area contributed by atoms with Crippen molar-refractivity contribution in [3.05, 3.63) is 0 Å². The van der Waals surface area contributed by atoms with E-state index < -0.39 is 0 Å². The van der Waals surface area contributed by atoms with E-state index in [1.54, 1.807) is 0 Å². The molecular formula is C12H26O. The van der Waals surface area contributed by atoms with E-state index >= 15 is 0 Å². The van der Waals surface area contributed by atoms with Crippen LogP contribution in [0.15, 0.2) is 0 Å². The predicted molar refractivity (Wildman–Crippen MR) is 58.7 cm³/mol. The van der Waals surface area contributed by atoms with Crippen LogP contribution in [0.3, 0.4) is 0 Å². The van der Waals surface area contributed by atoms with Crippen LogP contribution >= 0.6 is 0 Å². The minimum Gasteiger partial charge on any atom is -0.393 e. The Morgan fingerprint density at radius 2 is 1.62 bits per heavy atom. The molecule has 0 aliphatic rings. The number of aliphatic hydroxyl groups is 1. The first-order valence-electron chi connectivity index (χ1n) is 5.48. The number of rotatable bonds is 4. The summed E-state index contributed by atoms with van der Waals surface area (Å²) in [6.45, 7) is 13.1. The van der Waals surface area contributed by atoms with Gasteiger partial charge in [-0.05, 0) is 23.7 Å². The van der Waals surface area contributed by atoms with Gasteiger partial charge in [-0.1, -0.05) is 48.0 Å². The van der Waals surface area contributed by atoms with Crippen molar-refractivity contribution in [3.8, 4) is 0 Å². The molecule has 0 aromatic rings. The molecule has 0 fully saturated rings. The van der Waals surface area contributed by atoms with Crippen LogP contribution < -0.4 is 0 Å². The Kier molecular flexibility index (Phi) is 4.98. The fourth-order valence-electron chi connectivity index (χ4n) is 1.63. The fraction of sp³-hybridized carbons (Fsp3) is 1.00. The molecule has 0 radical (unpaired) electrons. The molecule has 3 atom stereocenters. The van der Waals surface area contributed by atoms with E-state index in [0.717, 1.165) is 12.8 Å². The van der Waals surface area contributed by atoms with Crippen LogP contribution in [0.5, 0.6) is 0 Å². The molecule has 0 aromatic carbocycles. The van der Waals surface area contributed by atoms with E-state index in [1.165, 1.54) is 0 Å². The van der Waals surface area contributed by atoms with Gasteiger partial charge in [0.15, 0.2) is 0 Å². The lowest BCUT2D eigenvalue weighted by atomic mass is 9.75. The molecule has 0 bridgehead atoms. The second-order valence-corrected chi connectivity index (χ2v) is 5.41. The highest BCUT2D eigenvalue weighted by molar-refractivity contribution is 4.79. The number of hydrogen-bond donors (Lipinski definition) is 1. The van der Waals surface area contributed by atoms with Crippen LogP contribution in [0, 0.1) is 17.3 Å². The second-order valence-electron chi connectivity index (χ2n) is 5.41. The fourth-order valence-corrected chi connectivity index (χ4v) is 1.63. The smallest absolute Gasteiger partial charge is 0.0596 e. The Morgan fingerprint density at radius 3 is 1.92 bits per heavy atom. The molecule has 0 heterocycles. The first-order valence-corrected chi connectivity index (χ1v) is 5.48. The average molecular weight is 186 g/mol. The Balaban J connectivity index is 4.16. The van der Waals surface area contributed by atoms with Crippen LogP contribution in [0.25, 0.3) is 0 Å². The monoisotopic (exact) mass is 186 g/mol. The van der Waals surface area contributed by atoms with Crippen molar-refractivity contribution in [2.24, 2.45) is 17.3 Å². The zero-order chi connectivity index (χ0) is 10.6. The van der Waals surface area contributed by atoms with E-state index in [1.807, 2.05) is 0 Å². The summed E-state index contributed by atoms with van der Waals surface area (Å²) in [7, 11) is 0. The molecule has 1 N–H and O–H groups in total. The summed E-state index contributed by atoms with van der Waals surface area (Å²) < 4.78 is 0. The molecule has 0 saturated carbocycles. The highest BCUT2D eigenvalue weighted by Crippen LogP contribution is 2.32. The van der Waals surface area contributed by atoms with Crippen molar-refractivity contribution in [3.63, 3.8) is 0 Å². The molecule has 0 spiro atoms. The van der Waals surface area contributed by atoms with Crippen molar-refractivity contribution in [2.75, 3.05) is 0 Å². The second kappa shape index (κ2) is 4.99. The van der Waals surface area contributed by atoms with Crippen molar-refractivity contribution in [1.82, 2.24) is 0 Å². The van der Waals surface area contributed by atoms with E-state index in [9.17, 15) is 5.11 Å². The molecule has 0 aromatic heterocycles. The van der Waals surface area contributed by atoms with Gasteiger partial charge >= 0.3 is 0 Å². The Labute approximate surface area is 83.5 Å². The van der Waals surface area contributed by atoms with E-state index in [4.69, 9.17) is 0 Å². The first kappa shape index (κ1) is 13.0. The number of aliphatic hydroxyl groups excluding tert-OH is 1. The Morgan fingerprint density at radius 1 is 1.15 bits per heavy atom. The summed E-state index contributed by atoms with van der Waals surface area (Å²) >= 11 is 0. The van der Waals surface area contributed by atoms with Crippen molar-refractivity contribution in [1.29, 1.82) is 0 Å². The summed E-state index contributed by atoms with van der Waals surface area (Å²) in [4.78, 5) is 0. The third kappa shape index (κ3) is 4.12. The van der Waals surface area contributed by atoms with Crippen LogP contribution in [0.2, 0.25) is 0 Å². The van der Waals surface area contributed by atoms with Gasteiger partial charge < -0.3 is 5.11 Å². The van der Waals surface area contributed by atoms with E-state index in [2.05, 4.69) is 41.5 Å². The van der Waals surface area contributed by atoms with Crippen LogP contribution in [0.4, 0.5) is 0 Å². The summed E-state index contributed by atoms with van der Waals surface area (Å²) in [5, 5.41) is 10.1. The third-order valence-electron chi connectivity index (χ3n) is 3.21. The lowest BCUT2D eigenvalue weighted by molar-refractivity contribution is 0.0122. The van der Waals surface area contributed by atoms with Crippen LogP contribution in [0.1, 0.15) is 54.4 Å². The molecule has 0 rings (SSSR count). The molecular weight excluding hydrogens is 160 g/mol. The molecule has 13 heavy (non-hydrogen) atoms. The average Bonchev–Trinajstić information content (AvgIpc) is 2.00. The highest BCUT2D eigenvalue weighted by atomic mass is 16.3. The number of hydrogen-bond acceptors (Lipinski definition) is 1. The maximum absolute atomic E-state index is 10.1. The topological polar surface area (TPSA) is 20.2 Å². The molecule has 0 aliphatic carbocycles. The Bertz CT molecular complexity index is 135. The zero-order valence-corrected chi connectivity index (χ0v) is 10.1. The standard InChI is InChI=1S/C12H26O/c1-7-8-9(2)11(13)10(3)12(4,5)6/h9-11,13H,7-8H2,1-6H3. The lowest BCUT2D eigenvalue weighted by Crippen LogP contribution is -2.34. The van der Waals surface area contributed by atoms with Crippen molar-refractivity contribution >= 4 is 0 Å². The van der Waals surface area contributed by atoms with Gasteiger partial charge in [0.05, 0.1) is 6.10 Å². The van der Waals surface area contributed by atoms with Crippen molar-refractivity contribution in [2.45, 2.75) is 60.5 Å². The maximum Gasteiger partial charge on any atom is 0.0596 e. The van der Waals surface area contributed by atoms with Gasteiger partial charge in [-0.25, -0.2) is 0 Å². The normalized spacial score (nSPS) is 19.6. The van der Waals surface area contributed by atoms with Gasteiger partial charge in [0.2, 0.25) is 0 Å². The Hall–Kier alpha value is -0.0400. The van der Waals surface area contributed by atoms with Crippen LogP contribution in [-0.2, 0) is 0 Å². The predicted octanol–water partition coefficient (Wildman–Crippen LogP) is 3.47. The third-order valence-corrected chi connectivity index (χ3v) is 3.21. The molecule has 0 saturated heterocycles. The van der Waals surface area contributed by atoms with Crippen LogP contribution in [-0.4, -0.2) is 11.2 Å². The minimum absolute atomic E-state index is 0.153. The van der Waals surface area contributed by atoms with Gasteiger partial charge in [-0.3, -0.25) is 0 Å². The summed E-state index contributed by atoms with van der Waals surface area (Å²) in [5.41, 5.74) is 0.210. The summed E-state index contributed by atoms with van der Waals surface area (Å²) in [6, 6.07) is 0. The zero-order valence-electron chi connectivity index (χ0n) is 10.1. The molecule has 3 unspecified atom stereocenters. The maximum atomic E-state index is 10.1. The molecule has 1 heteroatoms. The van der Waals surface area contributed by atoms with Crippen molar-refractivity contribution < 1.29 is 5.11 Å². The first-order chi connectivity index (χ1) is 5.80. The van der Waals surface area contributed by atoms with E-state index in [-0.39, 0.29) is 11.5 Å². The van der Waals surface area contributed by atoms with Gasteiger partial charge in [0.25, 0.3) is 0 Å². The van der Waals surface area contributed by atoms with Gasteiger partial charge in [-0.15, -0.1) is 0 Å². The highest BCUT2D eigenvalue weighted by Gasteiger charge is 2.29. The van der Waals surface area contributed by atoms with E-state index in [0.29, 0.717) is 11.8 Å². The molecule has 0 amide bonds. The molecule has 1 nitrogen and oxygen atoms in total. The molecule has 0 aliphatic heterocycles. The lowest BCUT2D eigenvalue weighted by Gasteiger charge is -2.34. The van der Waals surface area contributed by atoms with Gasteiger partial charge in [-0.2, -0.15) is 0 Å². The minimum atomic E-state index is -0.153. The quantitative estimate of drug-likeness (QED) is 0.713. The van der Waals surface area contributed by atoms with Gasteiger partial charge in [0, 0.05) is 0 Å². The largest absolute Gasteiger partial charge is 0.393 e. The van der Waals surface area contributed by atoms with Gasteiger partial charge in [0.1, 0.15) is 0 Å². The summed E-state index contributed by atoms with van der Waals surface area (Å²) in [5.74, 6) is 0.799.